The highest BCUT2D eigenvalue weighted by atomic mass is 19.4. The molecule has 1 saturated heterocycles. The van der Waals surface area contributed by atoms with Crippen molar-refractivity contribution in [3.05, 3.63) is 17.8 Å². The van der Waals surface area contributed by atoms with Crippen LogP contribution in [0.2, 0.25) is 0 Å². The second-order valence-corrected chi connectivity index (χ2v) is 5.29. The third-order valence-corrected chi connectivity index (χ3v) is 3.58. The fourth-order valence-corrected chi connectivity index (χ4v) is 2.51. The minimum Gasteiger partial charge on any atom is -0.448 e. The summed E-state index contributed by atoms with van der Waals surface area (Å²) in [6.45, 7) is 2.57. The van der Waals surface area contributed by atoms with E-state index in [1.165, 1.54) is 11.3 Å². The Morgan fingerprint density at radius 1 is 1.57 bits per heavy atom. The van der Waals surface area contributed by atoms with Gasteiger partial charge in [0.05, 0.1) is 6.54 Å². The molecule has 1 N–H and O–H groups in total. The maximum Gasteiger partial charge on any atom is 0.389 e. The Morgan fingerprint density at radius 3 is 2.95 bits per heavy atom. The van der Waals surface area contributed by atoms with E-state index in [0.717, 1.165) is 0 Å². The number of halogens is 3. The molecule has 1 atom stereocenters. The number of piperidine rings is 1. The molecular weight excluding hydrogens is 287 g/mol. The minimum atomic E-state index is -4.18. The number of hydrogen-bond donors (Lipinski definition) is 1. The van der Waals surface area contributed by atoms with E-state index in [-0.39, 0.29) is 19.1 Å². The number of hydrogen-bond acceptors (Lipinski definition) is 3. The van der Waals surface area contributed by atoms with Crippen LogP contribution in [0.15, 0.2) is 10.8 Å². The lowest BCUT2D eigenvalue weighted by Gasteiger charge is -2.33. The van der Waals surface area contributed by atoms with Crippen molar-refractivity contribution in [2.45, 2.75) is 38.9 Å². The van der Waals surface area contributed by atoms with Gasteiger partial charge in [0, 0.05) is 19.5 Å². The maximum atomic E-state index is 12.4. The number of rotatable bonds is 3. The van der Waals surface area contributed by atoms with Crippen LogP contribution in [0.5, 0.6) is 0 Å². The molecule has 0 bridgehead atoms. The molecule has 2 rings (SSSR count). The van der Waals surface area contributed by atoms with Gasteiger partial charge in [-0.25, -0.2) is 9.78 Å². The first-order chi connectivity index (χ1) is 9.85. The lowest BCUT2D eigenvalue weighted by molar-refractivity contribution is -0.147. The lowest BCUT2D eigenvalue weighted by atomic mass is 9.95. The number of carbonyl (C=O) groups is 1. The highest BCUT2D eigenvalue weighted by molar-refractivity contribution is 5.74. The molecule has 1 fully saturated rings. The van der Waals surface area contributed by atoms with E-state index in [2.05, 4.69) is 10.3 Å². The molecule has 0 aromatic carbocycles. The van der Waals surface area contributed by atoms with Crippen molar-refractivity contribution in [1.82, 2.24) is 15.2 Å². The molecule has 1 aliphatic heterocycles. The number of urea groups is 1. The van der Waals surface area contributed by atoms with Crippen molar-refractivity contribution in [1.29, 1.82) is 0 Å². The van der Waals surface area contributed by atoms with Crippen LogP contribution in [-0.4, -0.2) is 35.2 Å². The Bertz CT molecular complexity index is 487. The summed E-state index contributed by atoms with van der Waals surface area (Å²) in [6, 6.07) is -0.357. The van der Waals surface area contributed by atoms with Gasteiger partial charge >= 0.3 is 12.2 Å². The van der Waals surface area contributed by atoms with Gasteiger partial charge < -0.3 is 14.6 Å². The molecule has 2 heterocycles. The van der Waals surface area contributed by atoms with Gasteiger partial charge in [0.15, 0.2) is 6.39 Å². The molecule has 0 radical (unpaired) electrons. The van der Waals surface area contributed by atoms with Crippen LogP contribution in [0.3, 0.4) is 0 Å². The molecular formula is C13H18F3N3O2. The summed E-state index contributed by atoms with van der Waals surface area (Å²) in [5, 5.41) is 2.66. The second-order valence-electron chi connectivity index (χ2n) is 5.29. The quantitative estimate of drug-likeness (QED) is 0.934. The van der Waals surface area contributed by atoms with Crippen molar-refractivity contribution in [3.63, 3.8) is 0 Å². The summed E-state index contributed by atoms with van der Waals surface area (Å²) >= 11 is 0. The van der Waals surface area contributed by atoms with Crippen LogP contribution >= 0.6 is 0 Å². The van der Waals surface area contributed by atoms with Gasteiger partial charge in [-0.1, -0.05) is 0 Å². The van der Waals surface area contributed by atoms with Gasteiger partial charge in [0.25, 0.3) is 0 Å². The summed E-state index contributed by atoms with van der Waals surface area (Å²) in [5.74, 6) is 0.0992. The largest absolute Gasteiger partial charge is 0.448 e. The van der Waals surface area contributed by atoms with Crippen LogP contribution in [0.25, 0.3) is 0 Å². The number of aromatic nitrogens is 1. The monoisotopic (exact) mass is 305 g/mol. The molecule has 8 heteroatoms. The summed E-state index contributed by atoms with van der Waals surface area (Å²) in [4.78, 5) is 17.4. The number of likely N-dealkylation sites (tertiary alicyclic amines) is 1. The normalized spacial score (nSPS) is 19.6. The van der Waals surface area contributed by atoms with Gasteiger partial charge in [0.2, 0.25) is 0 Å². The second kappa shape index (κ2) is 6.36. The van der Waals surface area contributed by atoms with E-state index in [4.69, 9.17) is 4.42 Å². The zero-order valence-electron chi connectivity index (χ0n) is 11.7. The first kappa shape index (κ1) is 15.7. The predicted molar refractivity (Wildman–Crippen MR) is 68.4 cm³/mol. The standard InChI is InChI=1S/C13H18F3N3O2/c1-9-11(18-8-21-9)6-17-12(20)19-4-2-3-10(7-19)5-13(14,15)16/h8,10H,2-7H2,1H3,(H,17,20). The molecule has 1 aromatic heterocycles. The molecule has 2 amide bonds. The predicted octanol–water partition coefficient (Wildman–Crippen LogP) is 2.86. The summed E-state index contributed by atoms with van der Waals surface area (Å²) < 4.78 is 42.2. The van der Waals surface area contributed by atoms with Gasteiger partial charge in [0.1, 0.15) is 11.5 Å². The average Bonchev–Trinajstić information content (AvgIpc) is 2.80. The molecule has 1 unspecified atom stereocenters. The van der Waals surface area contributed by atoms with E-state index in [0.29, 0.717) is 30.8 Å². The van der Waals surface area contributed by atoms with E-state index in [9.17, 15) is 18.0 Å². The number of amides is 2. The van der Waals surface area contributed by atoms with Crippen molar-refractivity contribution in [2.75, 3.05) is 13.1 Å². The van der Waals surface area contributed by atoms with Gasteiger partial charge in [-0.05, 0) is 25.7 Å². The molecule has 0 saturated carbocycles. The molecule has 0 spiro atoms. The first-order valence-corrected chi connectivity index (χ1v) is 6.83. The third-order valence-electron chi connectivity index (χ3n) is 3.58. The first-order valence-electron chi connectivity index (χ1n) is 6.83. The molecule has 21 heavy (non-hydrogen) atoms. The maximum absolute atomic E-state index is 12.4. The van der Waals surface area contributed by atoms with Crippen LogP contribution in [0, 0.1) is 12.8 Å². The average molecular weight is 305 g/mol. The number of nitrogens with one attached hydrogen (secondary N) is 1. The summed E-state index contributed by atoms with van der Waals surface area (Å²) in [5.41, 5.74) is 0.618. The number of nitrogens with zero attached hydrogens (tertiary/aromatic N) is 2. The van der Waals surface area contributed by atoms with Crippen molar-refractivity contribution in [2.24, 2.45) is 5.92 Å². The van der Waals surface area contributed by atoms with Crippen molar-refractivity contribution in [3.8, 4) is 0 Å². The Morgan fingerprint density at radius 2 is 2.33 bits per heavy atom. The van der Waals surface area contributed by atoms with Crippen LogP contribution in [0.1, 0.15) is 30.7 Å². The lowest BCUT2D eigenvalue weighted by Crippen LogP contribution is -2.46. The number of alkyl halides is 3. The molecule has 0 aliphatic carbocycles. The molecule has 1 aromatic rings. The summed E-state index contributed by atoms with van der Waals surface area (Å²) in [7, 11) is 0. The number of aryl methyl sites for hydroxylation is 1. The van der Waals surface area contributed by atoms with E-state index in [1.807, 2.05) is 0 Å². The highest BCUT2D eigenvalue weighted by Gasteiger charge is 2.34. The van der Waals surface area contributed by atoms with Gasteiger partial charge in [-0.15, -0.1) is 0 Å². The summed E-state index contributed by atoms with van der Waals surface area (Å²) in [6.07, 6.45) is -2.62. The van der Waals surface area contributed by atoms with E-state index >= 15 is 0 Å². The Kier molecular flexibility index (Phi) is 4.74. The topological polar surface area (TPSA) is 58.4 Å². The molecule has 1 aliphatic rings. The third kappa shape index (κ3) is 4.64. The fraction of sp³-hybridized carbons (Fsp3) is 0.692. The zero-order chi connectivity index (χ0) is 15.5. The van der Waals surface area contributed by atoms with Gasteiger partial charge in [-0.3, -0.25) is 0 Å². The van der Waals surface area contributed by atoms with Crippen LogP contribution in [0.4, 0.5) is 18.0 Å². The Labute approximate surface area is 120 Å². The highest BCUT2D eigenvalue weighted by Crippen LogP contribution is 2.30. The Hall–Kier alpha value is -1.73. The van der Waals surface area contributed by atoms with Crippen LogP contribution in [-0.2, 0) is 6.54 Å². The molecule has 118 valence electrons. The van der Waals surface area contributed by atoms with Crippen molar-refractivity contribution >= 4 is 6.03 Å². The van der Waals surface area contributed by atoms with E-state index in [1.54, 1.807) is 6.92 Å². The molecule has 5 nitrogen and oxygen atoms in total. The smallest absolute Gasteiger partial charge is 0.389 e. The number of oxazole rings is 1. The fourth-order valence-electron chi connectivity index (χ4n) is 2.51. The minimum absolute atomic E-state index is 0.142. The zero-order valence-corrected chi connectivity index (χ0v) is 11.7. The number of carbonyl (C=O) groups excluding carboxylic acids is 1. The van der Waals surface area contributed by atoms with Gasteiger partial charge in [-0.2, -0.15) is 13.2 Å². The SMILES string of the molecule is Cc1ocnc1CNC(=O)N1CCCC(CC(F)(F)F)C1. The Balaban J connectivity index is 1.83. The van der Waals surface area contributed by atoms with Crippen molar-refractivity contribution < 1.29 is 22.4 Å². The van der Waals surface area contributed by atoms with E-state index < -0.39 is 18.5 Å². The van der Waals surface area contributed by atoms with Crippen LogP contribution < -0.4 is 5.32 Å².